The van der Waals surface area contributed by atoms with Gasteiger partial charge in [-0.1, -0.05) is 6.07 Å². The molecule has 1 aliphatic heterocycles. The van der Waals surface area contributed by atoms with Gasteiger partial charge in [-0.3, -0.25) is 14.4 Å². The van der Waals surface area contributed by atoms with Crippen LogP contribution < -0.4 is 5.56 Å². The topological polar surface area (TPSA) is 66.8 Å². The molecule has 0 aliphatic carbocycles. The van der Waals surface area contributed by atoms with Crippen LogP contribution in [0.3, 0.4) is 0 Å². The standard InChI is InChI=1S/C18H21N5OS/c1-12(2)23-10-13(8-19-23)9-22-6-5-15-14(11-22)18(24)21-17(20-15)16-4-3-7-25-16/h3-4,7-8,10,12H,5-6,9,11H2,1-2H3,(H,20,21,24). The summed E-state index contributed by atoms with van der Waals surface area (Å²) in [6.07, 6.45) is 4.80. The van der Waals surface area contributed by atoms with E-state index in [1.807, 2.05) is 28.4 Å². The molecule has 0 atom stereocenters. The fourth-order valence-electron chi connectivity index (χ4n) is 3.15. The first-order chi connectivity index (χ1) is 12.1. The van der Waals surface area contributed by atoms with E-state index in [1.165, 1.54) is 5.56 Å². The van der Waals surface area contributed by atoms with Gasteiger partial charge in [0.1, 0.15) is 0 Å². The summed E-state index contributed by atoms with van der Waals surface area (Å²) < 4.78 is 1.97. The van der Waals surface area contributed by atoms with Crippen molar-refractivity contribution in [3.8, 4) is 10.7 Å². The molecule has 130 valence electrons. The molecule has 0 bridgehead atoms. The van der Waals surface area contributed by atoms with E-state index >= 15 is 0 Å². The van der Waals surface area contributed by atoms with Crippen LogP contribution in [0.15, 0.2) is 34.7 Å². The van der Waals surface area contributed by atoms with Crippen molar-refractivity contribution >= 4 is 11.3 Å². The Morgan fingerprint density at radius 2 is 2.28 bits per heavy atom. The van der Waals surface area contributed by atoms with Crippen molar-refractivity contribution in [2.24, 2.45) is 0 Å². The van der Waals surface area contributed by atoms with Crippen molar-refractivity contribution in [2.45, 2.75) is 39.4 Å². The Bertz CT molecular complexity index is 925. The van der Waals surface area contributed by atoms with E-state index in [9.17, 15) is 4.79 Å². The largest absolute Gasteiger partial charge is 0.306 e. The van der Waals surface area contributed by atoms with Crippen LogP contribution in [-0.2, 0) is 19.5 Å². The van der Waals surface area contributed by atoms with E-state index in [-0.39, 0.29) is 5.56 Å². The normalized spacial score (nSPS) is 14.8. The summed E-state index contributed by atoms with van der Waals surface area (Å²) in [4.78, 5) is 23.5. The second-order valence-corrected chi connectivity index (χ2v) is 7.65. The molecule has 3 aromatic rings. The van der Waals surface area contributed by atoms with Crippen LogP contribution in [0.25, 0.3) is 10.7 Å². The first-order valence-corrected chi connectivity index (χ1v) is 9.39. The third kappa shape index (κ3) is 3.29. The first-order valence-electron chi connectivity index (χ1n) is 8.51. The number of aromatic amines is 1. The molecular weight excluding hydrogens is 334 g/mol. The highest BCUT2D eigenvalue weighted by Gasteiger charge is 2.22. The summed E-state index contributed by atoms with van der Waals surface area (Å²) in [6, 6.07) is 4.31. The zero-order valence-electron chi connectivity index (χ0n) is 14.4. The summed E-state index contributed by atoms with van der Waals surface area (Å²) in [7, 11) is 0. The monoisotopic (exact) mass is 355 g/mol. The molecule has 0 radical (unpaired) electrons. The van der Waals surface area contributed by atoms with Gasteiger partial charge < -0.3 is 4.98 Å². The fourth-order valence-corrected chi connectivity index (χ4v) is 3.81. The van der Waals surface area contributed by atoms with Crippen LogP contribution in [0, 0.1) is 0 Å². The van der Waals surface area contributed by atoms with Crippen LogP contribution in [0.2, 0.25) is 0 Å². The third-order valence-corrected chi connectivity index (χ3v) is 5.37. The van der Waals surface area contributed by atoms with Crippen molar-refractivity contribution < 1.29 is 0 Å². The Balaban J connectivity index is 1.54. The minimum absolute atomic E-state index is 0.0176. The molecule has 1 aliphatic rings. The zero-order chi connectivity index (χ0) is 17.4. The number of aromatic nitrogens is 4. The molecule has 0 fully saturated rings. The molecular formula is C18H21N5OS. The van der Waals surface area contributed by atoms with E-state index in [0.717, 1.165) is 35.6 Å². The number of nitrogens with one attached hydrogen (secondary N) is 1. The van der Waals surface area contributed by atoms with Crippen molar-refractivity contribution in [1.82, 2.24) is 24.6 Å². The van der Waals surface area contributed by atoms with Crippen LogP contribution in [0.1, 0.15) is 36.7 Å². The summed E-state index contributed by atoms with van der Waals surface area (Å²) in [5.41, 5.74) is 2.89. The van der Waals surface area contributed by atoms with Crippen LogP contribution in [0.5, 0.6) is 0 Å². The quantitative estimate of drug-likeness (QED) is 0.781. The van der Waals surface area contributed by atoms with E-state index in [2.05, 4.69) is 35.0 Å². The predicted octanol–water partition coefficient (Wildman–Crippen LogP) is 2.83. The lowest BCUT2D eigenvalue weighted by Crippen LogP contribution is -2.35. The smallest absolute Gasteiger partial charge is 0.255 e. The minimum atomic E-state index is -0.0176. The number of H-pyrrole nitrogens is 1. The van der Waals surface area contributed by atoms with Gasteiger partial charge >= 0.3 is 0 Å². The maximum absolute atomic E-state index is 12.5. The minimum Gasteiger partial charge on any atom is -0.306 e. The van der Waals surface area contributed by atoms with Gasteiger partial charge in [-0.2, -0.15) is 5.10 Å². The molecule has 1 N–H and O–H groups in total. The maximum Gasteiger partial charge on any atom is 0.255 e. The summed E-state index contributed by atoms with van der Waals surface area (Å²) in [5, 5.41) is 6.39. The molecule has 4 heterocycles. The lowest BCUT2D eigenvalue weighted by molar-refractivity contribution is 0.241. The van der Waals surface area contributed by atoms with Gasteiger partial charge in [0.25, 0.3) is 5.56 Å². The molecule has 4 rings (SSSR count). The average molecular weight is 355 g/mol. The third-order valence-electron chi connectivity index (χ3n) is 4.49. The van der Waals surface area contributed by atoms with E-state index in [0.29, 0.717) is 18.4 Å². The Hall–Kier alpha value is -2.25. The highest BCUT2D eigenvalue weighted by molar-refractivity contribution is 7.13. The lowest BCUT2D eigenvalue weighted by Gasteiger charge is -2.27. The number of nitrogens with zero attached hydrogens (tertiary/aromatic N) is 4. The van der Waals surface area contributed by atoms with Crippen LogP contribution in [-0.4, -0.2) is 31.2 Å². The Kier molecular flexibility index (Phi) is 4.27. The average Bonchev–Trinajstić information content (AvgIpc) is 3.27. The zero-order valence-corrected chi connectivity index (χ0v) is 15.2. The van der Waals surface area contributed by atoms with Gasteiger partial charge in [0.15, 0.2) is 5.82 Å². The molecule has 7 heteroatoms. The molecule has 3 aromatic heterocycles. The number of hydrogen-bond donors (Lipinski definition) is 1. The molecule has 25 heavy (non-hydrogen) atoms. The van der Waals surface area contributed by atoms with Crippen LogP contribution in [0.4, 0.5) is 0 Å². The molecule has 0 unspecified atom stereocenters. The summed E-state index contributed by atoms with van der Waals surface area (Å²) in [6.45, 7) is 6.57. The van der Waals surface area contributed by atoms with Gasteiger partial charge in [0.2, 0.25) is 0 Å². The SMILES string of the molecule is CC(C)n1cc(CN2CCc3nc(-c4cccs4)[nH]c(=O)c3C2)cn1. The first kappa shape index (κ1) is 16.2. The second kappa shape index (κ2) is 6.57. The van der Waals surface area contributed by atoms with Crippen molar-refractivity contribution in [1.29, 1.82) is 0 Å². The van der Waals surface area contributed by atoms with Gasteiger partial charge in [-0.05, 0) is 25.3 Å². The number of fused-ring (bicyclic) bond motifs is 1. The fraction of sp³-hybridized carbons (Fsp3) is 0.389. The highest BCUT2D eigenvalue weighted by atomic mass is 32.1. The van der Waals surface area contributed by atoms with Crippen LogP contribution >= 0.6 is 11.3 Å². The molecule has 6 nitrogen and oxygen atoms in total. The molecule has 0 spiro atoms. The van der Waals surface area contributed by atoms with Gasteiger partial charge in [-0.15, -0.1) is 11.3 Å². The van der Waals surface area contributed by atoms with E-state index in [4.69, 9.17) is 4.98 Å². The Morgan fingerprint density at radius 3 is 3.00 bits per heavy atom. The van der Waals surface area contributed by atoms with Crippen molar-refractivity contribution in [3.05, 3.63) is 57.1 Å². The number of thiophene rings is 1. The second-order valence-electron chi connectivity index (χ2n) is 6.70. The summed E-state index contributed by atoms with van der Waals surface area (Å²) in [5.74, 6) is 0.686. The molecule has 0 aromatic carbocycles. The molecule has 0 amide bonds. The molecule has 0 saturated heterocycles. The van der Waals surface area contributed by atoms with E-state index < -0.39 is 0 Å². The maximum atomic E-state index is 12.5. The number of rotatable bonds is 4. The van der Waals surface area contributed by atoms with E-state index in [1.54, 1.807) is 11.3 Å². The van der Waals surface area contributed by atoms with Gasteiger partial charge in [-0.25, -0.2) is 4.98 Å². The predicted molar refractivity (Wildman–Crippen MR) is 98.6 cm³/mol. The lowest BCUT2D eigenvalue weighted by atomic mass is 10.1. The Morgan fingerprint density at radius 1 is 1.40 bits per heavy atom. The Labute approximate surface area is 150 Å². The van der Waals surface area contributed by atoms with Gasteiger partial charge in [0, 0.05) is 43.9 Å². The summed E-state index contributed by atoms with van der Waals surface area (Å²) >= 11 is 1.59. The van der Waals surface area contributed by atoms with Crippen molar-refractivity contribution in [3.63, 3.8) is 0 Å². The molecule has 0 saturated carbocycles. The highest BCUT2D eigenvalue weighted by Crippen LogP contribution is 2.23. The van der Waals surface area contributed by atoms with Crippen molar-refractivity contribution in [2.75, 3.05) is 6.54 Å². The number of hydrogen-bond acceptors (Lipinski definition) is 5. The van der Waals surface area contributed by atoms with Gasteiger partial charge in [0.05, 0.1) is 22.3 Å².